The molecule has 9 heteroatoms. The summed E-state index contributed by atoms with van der Waals surface area (Å²) in [6.45, 7) is 0. The third-order valence-electron chi connectivity index (χ3n) is 3.69. The molecule has 0 atom stereocenters. The minimum atomic E-state index is -4.56. The van der Waals surface area contributed by atoms with Crippen LogP contribution in [0.15, 0.2) is 60.9 Å². The van der Waals surface area contributed by atoms with Crippen LogP contribution in [0.4, 0.5) is 39.0 Å². The smallest absolute Gasteiger partial charge is 0.354 e. The predicted octanol–water partition coefficient (Wildman–Crippen LogP) is 5.37. The van der Waals surface area contributed by atoms with E-state index in [-0.39, 0.29) is 22.6 Å². The van der Waals surface area contributed by atoms with Gasteiger partial charge >= 0.3 is 6.18 Å². The first-order valence-electron chi connectivity index (χ1n) is 7.89. The van der Waals surface area contributed by atoms with Crippen LogP contribution in [0.5, 0.6) is 0 Å². The van der Waals surface area contributed by atoms with E-state index in [1.165, 1.54) is 42.7 Å². The number of hydrogen-bond donors (Lipinski definition) is 2. The maximum atomic E-state index is 13.2. The van der Waals surface area contributed by atoms with Gasteiger partial charge in [0.05, 0.1) is 28.7 Å². The topological polar surface area (TPSA) is 54.0 Å². The Kier molecular flexibility index (Phi) is 5.25. The van der Waals surface area contributed by atoms with Crippen LogP contribution in [-0.2, 0) is 6.18 Å². The molecule has 0 unspecified atom stereocenters. The van der Waals surface area contributed by atoms with E-state index in [1.54, 1.807) is 0 Å². The summed E-state index contributed by atoms with van der Waals surface area (Å²) in [5, 5.41) is 4.94. The minimum Gasteiger partial charge on any atom is -0.354 e. The van der Waals surface area contributed by atoms with Gasteiger partial charge in [-0.1, -0.05) is 12.1 Å². The van der Waals surface area contributed by atoms with Gasteiger partial charge in [0, 0.05) is 18.0 Å². The lowest BCUT2D eigenvalue weighted by atomic mass is 10.1. The van der Waals surface area contributed by atoms with Gasteiger partial charge in [-0.15, -0.1) is 0 Å². The number of carbonyl (C=O) groups excluding carboxylic acids is 1. The number of anilines is 3. The van der Waals surface area contributed by atoms with Gasteiger partial charge < -0.3 is 10.6 Å². The van der Waals surface area contributed by atoms with Crippen molar-refractivity contribution in [2.24, 2.45) is 0 Å². The highest BCUT2D eigenvalue weighted by molar-refractivity contribution is 6.04. The van der Waals surface area contributed by atoms with Crippen molar-refractivity contribution < 1.29 is 26.7 Å². The zero-order chi connectivity index (χ0) is 20.3. The summed E-state index contributed by atoms with van der Waals surface area (Å²) in [5.74, 6) is -2.88. The van der Waals surface area contributed by atoms with E-state index < -0.39 is 29.3 Å². The lowest BCUT2D eigenvalue weighted by molar-refractivity contribution is -0.136. The van der Waals surface area contributed by atoms with Gasteiger partial charge in [-0.05, 0) is 30.3 Å². The molecule has 0 saturated heterocycles. The monoisotopic (exact) mass is 393 g/mol. The van der Waals surface area contributed by atoms with Crippen LogP contribution < -0.4 is 10.6 Å². The summed E-state index contributed by atoms with van der Waals surface area (Å²) >= 11 is 0. The number of hydrogen-bond acceptors (Lipinski definition) is 3. The van der Waals surface area contributed by atoms with Crippen LogP contribution in [0.2, 0.25) is 0 Å². The van der Waals surface area contributed by atoms with Crippen LogP contribution in [0.3, 0.4) is 0 Å². The first-order valence-corrected chi connectivity index (χ1v) is 7.89. The number of alkyl halides is 3. The second kappa shape index (κ2) is 7.63. The number of benzene rings is 2. The molecule has 0 fully saturated rings. The van der Waals surface area contributed by atoms with Crippen molar-refractivity contribution in [3.05, 3.63) is 83.7 Å². The summed E-state index contributed by atoms with van der Waals surface area (Å²) in [7, 11) is 0. The van der Waals surface area contributed by atoms with Gasteiger partial charge in [0.2, 0.25) is 0 Å². The van der Waals surface area contributed by atoms with Gasteiger partial charge in [-0.25, -0.2) is 8.78 Å². The van der Waals surface area contributed by atoms with E-state index in [0.717, 1.165) is 18.2 Å². The SMILES string of the molecule is O=C(Nc1ccc(F)c(F)c1)c1cncc(Nc2ccccc2C(F)(F)F)c1. The number of nitrogens with one attached hydrogen (secondary N) is 2. The van der Waals surface area contributed by atoms with E-state index in [9.17, 15) is 26.7 Å². The third kappa shape index (κ3) is 4.43. The molecule has 3 rings (SSSR count). The average molecular weight is 393 g/mol. The van der Waals surface area contributed by atoms with Crippen molar-refractivity contribution in [3.8, 4) is 0 Å². The molecule has 0 radical (unpaired) electrons. The highest BCUT2D eigenvalue weighted by Gasteiger charge is 2.33. The van der Waals surface area contributed by atoms with E-state index in [2.05, 4.69) is 15.6 Å². The molecule has 1 heterocycles. The zero-order valence-electron chi connectivity index (χ0n) is 14.0. The molecule has 2 N–H and O–H groups in total. The average Bonchev–Trinajstić information content (AvgIpc) is 2.64. The van der Waals surface area contributed by atoms with E-state index >= 15 is 0 Å². The Morgan fingerprint density at radius 1 is 0.893 bits per heavy atom. The lowest BCUT2D eigenvalue weighted by Gasteiger charge is -2.14. The van der Waals surface area contributed by atoms with Crippen molar-refractivity contribution in [3.63, 3.8) is 0 Å². The first kappa shape index (κ1) is 19.3. The van der Waals surface area contributed by atoms with Crippen LogP contribution in [0, 0.1) is 11.6 Å². The summed E-state index contributed by atoms with van der Waals surface area (Å²) in [6.07, 6.45) is -2.11. The molecule has 4 nitrogen and oxygen atoms in total. The molecule has 0 aliphatic heterocycles. The van der Waals surface area contributed by atoms with Crippen molar-refractivity contribution in [2.75, 3.05) is 10.6 Å². The van der Waals surface area contributed by atoms with Crippen molar-refractivity contribution in [1.29, 1.82) is 0 Å². The summed E-state index contributed by atoms with van der Waals surface area (Å²) < 4.78 is 65.4. The fourth-order valence-electron chi connectivity index (χ4n) is 2.40. The number of aromatic nitrogens is 1. The number of nitrogens with zero attached hydrogens (tertiary/aromatic N) is 1. The molecule has 2 aromatic carbocycles. The molecule has 0 aliphatic rings. The molecular formula is C19H12F5N3O. The van der Waals surface area contributed by atoms with Crippen LogP contribution in [0.25, 0.3) is 0 Å². The van der Waals surface area contributed by atoms with E-state index in [0.29, 0.717) is 0 Å². The molecule has 0 aliphatic carbocycles. The lowest BCUT2D eigenvalue weighted by Crippen LogP contribution is -2.13. The maximum absolute atomic E-state index is 13.2. The number of rotatable bonds is 4. The van der Waals surface area contributed by atoms with Crippen molar-refractivity contribution in [2.45, 2.75) is 6.18 Å². The standard InChI is InChI=1S/C19H12F5N3O/c20-15-6-5-12(8-16(15)21)27-18(28)11-7-13(10-25-9-11)26-17-4-2-1-3-14(17)19(22,23)24/h1-10,26H,(H,27,28). The quantitative estimate of drug-likeness (QED) is 0.586. The zero-order valence-corrected chi connectivity index (χ0v) is 14.0. The van der Waals surface area contributed by atoms with Gasteiger partial charge in [-0.3, -0.25) is 9.78 Å². The molecular weight excluding hydrogens is 381 g/mol. The molecule has 1 amide bonds. The van der Waals surface area contributed by atoms with Crippen LogP contribution in [-0.4, -0.2) is 10.9 Å². The molecule has 0 bridgehead atoms. The Labute approximate surface area is 156 Å². The number of halogens is 5. The predicted molar refractivity (Wildman–Crippen MR) is 93.3 cm³/mol. The molecule has 144 valence electrons. The van der Waals surface area contributed by atoms with Gasteiger partial charge in [-0.2, -0.15) is 13.2 Å². The number of pyridine rings is 1. The molecule has 1 aromatic heterocycles. The summed E-state index contributed by atoms with van der Waals surface area (Å²) in [4.78, 5) is 16.1. The highest BCUT2D eigenvalue weighted by atomic mass is 19.4. The number of para-hydroxylation sites is 1. The fourth-order valence-corrected chi connectivity index (χ4v) is 2.40. The second-order valence-corrected chi connectivity index (χ2v) is 5.71. The van der Waals surface area contributed by atoms with Crippen LogP contribution >= 0.6 is 0 Å². The Bertz CT molecular complexity index is 1020. The summed E-state index contributed by atoms with van der Waals surface area (Å²) in [5.41, 5.74) is -0.889. The van der Waals surface area contributed by atoms with Gasteiger partial charge in [0.15, 0.2) is 11.6 Å². The van der Waals surface area contributed by atoms with Gasteiger partial charge in [0.1, 0.15) is 0 Å². The maximum Gasteiger partial charge on any atom is 0.418 e. The van der Waals surface area contributed by atoms with E-state index in [4.69, 9.17) is 0 Å². The fraction of sp³-hybridized carbons (Fsp3) is 0.0526. The number of carbonyl (C=O) groups is 1. The largest absolute Gasteiger partial charge is 0.418 e. The summed E-state index contributed by atoms with van der Waals surface area (Å²) in [6, 6.07) is 8.99. The Balaban J connectivity index is 1.81. The van der Waals surface area contributed by atoms with Crippen LogP contribution in [0.1, 0.15) is 15.9 Å². The van der Waals surface area contributed by atoms with Gasteiger partial charge in [0.25, 0.3) is 5.91 Å². The number of amides is 1. The Morgan fingerprint density at radius 3 is 2.36 bits per heavy atom. The van der Waals surface area contributed by atoms with Crippen molar-refractivity contribution in [1.82, 2.24) is 4.98 Å². The first-order chi connectivity index (χ1) is 13.2. The molecule has 28 heavy (non-hydrogen) atoms. The third-order valence-corrected chi connectivity index (χ3v) is 3.69. The minimum absolute atomic E-state index is 0.0132. The Morgan fingerprint density at radius 2 is 1.64 bits per heavy atom. The highest BCUT2D eigenvalue weighted by Crippen LogP contribution is 2.35. The normalized spacial score (nSPS) is 11.2. The second-order valence-electron chi connectivity index (χ2n) is 5.71. The molecule has 0 saturated carbocycles. The van der Waals surface area contributed by atoms with E-state index in [1.807, 2.05) is 0 Å². The molecule has 0 spiro atoms. The molecule has 3 aromatic rings. The Hall–Kier alpha value is -3.49. The van der Waals surface area contributed by atoms with Crippen molar-refractivity contribution >= 4 is 23.0 Å².